The van der Waals surface area contributed by atoms with E-state index in [9.17, 15) is 20.6 Å². The molecular formula is C36H40N4O8S. The Morgan fingerprint density at radius 3 is 1.39 bits per heavy atom. The Morgan fingerprint density at radius 1 is 0.633 bits per heavy atom. The van der Waals surface area contributed by atoms with Crippen molar-refractivity contribution in [3.8, 4) is 11.5 Å². The van der Waals surface area contributed by atoms with Crippen molar-refractivity contribution < 1.29 is 38.5 Å². The summed E-state index contributed by atoms with van der Waals surface area (Å²) in [4.78, 5) is 0. The van der Waals surface area contributed by atoms with Crippen LogP contribution in [0.5, 0.6) is 11.5 Å². The van der Waals surface area contributed by atoms with Crippen molar-refractivity contribution in [1.29, 1.82) is 0 Å². The van der Waals surface area contributed by atoms with Gasteiger partial charge < -0.3 is 30.1 Å². The van der Waals surface area contributed by atoms with Gasteiger partial charge >= 0.3 is 0 Å². The van der Waals surface area contributed by atoms with Gasteiger partial charge in [0.25, 0.3) is 10.2 Å². The molecule has 1 aliphatic rings. The molecule has 258 valence electrons. The Labute approximate surface area is 285 Å². The molecular weight excluding hydrogens is 648 g/mol. The van der Waals surface area contributed by atoms with E-state index in [2.05, 4.69) is 10.3 Å². The summed E-state index contributed by atoms with van der Waals surface area (Å²) < 4.78 is 44.3. The van der Waals surface area contributed by atoms with E-state index in [0.717, 1.165) is 8.61 Å². The molecule has 4 N–H and O–H groups in total. The molecule has 0 bridgehead atoms. The average molecular weight is 689 g/mol. The van der Waals surface area contributed by atoms with Gasteiger partial charge in [0.15, 0.2) is 0 Å². The molecule has 4 aromatic carbocycles. The summed E-state index contributed by atoms with van der Waals surface area (Å²) in [5, 5.41) is 49.0. The number of para-hydroxylation sites is 2. The van der Waals surface area contributed by atoms with Crippen molar-refractivity contribution >= 4 is 21.6 Å². The molecule has 0 spiro atoms. The second-order valence-electron chi connectivity index (χ2n) is 11.7. The number of oxime groups is 2. The minimum absolute atomic E-state index is 0.208. The molecule has 49 heavy (non-hydrogen) atoms. The molecule has 0 aromatic heterocycles. The van der Waals surface area contributed by atoms with Crippen molar-refractivity contribution in [2.24, 2.45) is 10.3 Å². The Morgan fingerprint density at radius 2 is 1.02 bits per heavy atom. The third-order valence-electron chi connectivity index (χ3n) is 8.47. The standard InChI is InChI=1S/C36H40N4O8S/c1-25(37-43)29-13-9-11-27(19-29)21-39-33(23-47-31-15-5-3-6-16-31)35(41)36(42)34(24-48-32-17-7-4-8-18-32)40(49(39,45)46)22-28-12-10-14-30(20-28)26(2)38-44/h3-20,33-36,41-44H,21-24H2,1-2H3/b37-25+,38-26+/t33-,34?,35+,36?/m0/s1. The second-order valence-corrected chi connectivity index (χ2v) is 13.6. The molecule has 0 aliphatic carbocycles. The third kappa shape index (κ3) is 8.45. The number of aliphatic hydroxyl groups is 2. The van der Waals surface area contributed by atoms with Crippen LogP contribution in [0.25, 0.3) is 0 Å². The zero-order valence-corrected chi connectivity index (χ0v) is 28.0. The van der Waals surface area contributed by atoms with Crippen molar-refractivity contribution in [2.45, 2.75) is 51.2 Å². The van der Waals surface area contributed by atoms with Gasteiger partial charge in [-0.25, -0.2) is 0 Å². The summed E-state index contributed by atoms with van der Waals surface area (Å²) in [5.74, 6) is 0.919. The van der Waals surface area contributed by atoms with Crippen LogP contribution in [0.3, 0.4) is 0 Å². The highest BCUT2D eigenvalue weighted by Gasteiger charge is 2.51. The minimum atomic E-state index is -4.52. The van der Waals surface area contributed by atoms with Crippen LogP contribution >= 0.6 is 0 Å². The zero-order valence-electron chi connectivity index (χ0n) is 27.1. The van der Waals surface area contributed by atoms with Crippen molar-refractivity contribution in [1.82, 2.24) is 8.61 Å². The highest BCUT2D eigenvalue weighted by atomic mass is 32.2. The van der Waals surface area contributed by atoms with Gasteiger partial charge in [0.2, 0.25) is 0 Å². The van der Waals surface area contributed by atoms with Crippen molar-refractivity contribution in [3.63, 3.8) is 0 Å². The first-order valence-corrected chi connectivity index (χ1v) is 17.1. The van der Waals surface area contributed by atoms with Gasteiger partial charge in [-0.05, 0) is 72.5 Å². The maximum absolute atomic E-state index is 15.0. The van der Waals surface area contributed by atoms with E-state index in [1.54, 1.807) is 111 Å². The number of hydrogen-bond donors (Lipinski definition) is 4. The van der Waals surface area contributed by atoms with Gasteiger partial charge in [0.05, 0.1) is 23.5 Å². The Hall–Kier alpha value is -4.79. The van der Waals surface area contributed by atoms with E-state index >= 15 is 8.42 Å². The summed E-state index contributed by atoms with van der Waals surface area (Å²) in [6.45, 7) is 2.27. The summed E-state index contributed by atoms with van der Waals surface area (Å²) in [6, 6.07) is 28.9. The Kier molecular flexibility index (Phi) is 11.6. The van der Waals surface area contributed by atoms with Crippen LogP contribution < -0.4 is 9.47 Å². The highest BCUT2D eigenvalue weighted by molar-refractivity contribution is 7.86. The number of ether oxygens (including phenoxy) is 2. The maximum Gasteiger partial charge on any atom is 0.283 e. The average Bonchev–Trinajstić information content (AvgIpc) is 3.18. The quantitative estimate of drug-likeness (QED) is 0.0974. The first-order valence-electron chi connectivity index (χ1n) is 15.7. The van der Waals surface area contributed by atoms with Crippen LogP contribution in [0.15, 0.2) is 120 Å². The zero-order chi connectivity index (χ0) is 35.0. The Bertz CT molecular complexity index is 1730. The van der Waals surface area contributed by atoms with Gasteiger partial charge in [-0.3, -0.25) is 0 Å². The summed E-state index contributed by atoms with van der Waals surface area (Å²) in [7, 11) is -4.52. The van der Waals surface area contributed by atoms with E-state index in [-0.39, 0.29) is 26.3 Å². The van der Waals surface area contributed by atoms with Gasteiger partial charge in [0.1, 0.15) is 36.9 Å². The number of hydrogen-bond acceptors (Lipinski definition) is 10. The molecule has 0 amide bonds. The maximum atomic E-state index is 15.0. The molecule has 4 atom stereocenters. The van der Waals surface area contributed by atoms with Gasteiger partial charge in [-0.1, -0.05) is 83.1 Å². The van der Waals surface area contributed by atoms with Gasteiger partial charge in [-0.15, -0.1) is 0 Å². The van der Waals surface area contributed by atoms with E-state index in [4.69, 9.17) is 9.47 Å². The molecule has 0 radical (unpaired) electrons. The Balaban J connectivity index is 1.61. The predicted molar refractivity (Wildman–Crippen MR) is 184 cm³/mol. The lowest BCUT2D eigenvalue weighted by atomic mass is 9.98. The monoisotopic (exact) mass is 688 g/mol. The molecule has 1 heterocycles. The van der Waals surface area contributed by atoms with E-state index in [1.807, 2.05) is 12.1 Å². The van der Waals surface area contributed by atoms with Crippen molar-refractivity contribution in [3.05, 3.63) is 131 Å². The normalized spacial score (nSPS) is 22.0. The van der Waals surface area contributed by atoms with Crippen LogP contribution in [-0.4, -0.2) is 86.6 Å². The largest absolute Gasteiger partial charge is 0.492 e. The first kappa shape index (κ1) is 35.5. The molecule has 13 heteroatoms. The van der Waals surface area contributed by atoms with E-state index in [0.29, 0.717) is 45.2 Å². The van der Waals surface area contributed by atoms with Gasteiger partial charge in [0, 0.05) is 13.1 Å². The topological polar surface area (TPSA) is 165 Å². The predicted octanol–water partition coefficient (Wildman–Crippen LogP) is 4.26. The highest BCUT2D eigenvalue weighted by Crippen LogP contribution is 2.32. The molecule has 0 saturated carbocycles. The third-order valence-corrected chi connectivity index (χ3v) is 10.5. The molecule has 2 unspecified atom stereocenters. The molecule has 12 nitrogen and oxygen atoms in total. The molecule has 1 saturated heterocycles. The minimum Gasteiger partial charge on any atom is -0.492 e. The lowest BCUT2D eigenvalue weighted by Gasteiger charge is -2.34. The van der Waals surface area contributed by atoms with Crippen LogP contribution in [0.1, 0.15) is 36.1 Å². The number of nitrogens with zero attached hydrogens (tertiary/aromatic N) is 4. The number of aliphatic hydroxyl groups excluding tert-OH is 2. The van der Waals surface area contributed by atoms with Gasteiger partial charge in [-0.2, -0.15) is 17.0 Å². The SMILES string of the molecule is C/C(=N\O)c1cccc(CN2C(COc3ccccc3)C(O)[C@H](O)[C@H](COc3ccccc3)N(Cc3cccc(/C(C)=N/O)c3)S2(=O)=O)c1. The molecule has 1 fully saturated rings. The molecule has 5 rings (SSSR count). The van der Waals surface area contributed by atoms with E-state index < -0.39 is 34.5 Å². The summed E-state index contributed by atoms with van der Waals surface area (Å²) in [6.07, 6.45) is -3.21. The molecule has 1 aliphatic heterocycles. The fourth-order valence-corrected chi connectivity index (χ4v) is 7.64. The van der Waals surface area contributed by atoms with Crippen LogP contribution in [0.4, 0.5) is 0 Å². The summed E-state index contributed by atoms with van der Waals surface area (Å²) >= 11 is 0. The molecule has 4 aromatic rings. The lowest BCUT2D eigenvalue weighted by molar-refractivity contribution is -0.0565. The fraction of sp³-hybridized carbons (Fsp3) is 0.278. The fourth-order valence-electron chi connectivity index (χ4n) is 5.70. The second kappa shape index (κ2) is 16.1. The number of benzene rings is 4. The smallest absolute Gasteiger partial charge is 0.283 e. The van der Waals surface area contributed by atoms with E-state index in [1.165, 1.54) is 0 Å². The van der Waals surface area contributed by atoms with Crippen LogP contribution in [-0.2, 0) is 23.3 Å². The summed E-state index contributed by atoms with van der Waals surface area (Å²) in [5.41, 5.74) is 2.92. The lowest BCUT2D eigenvalue weighted by Crippen LogP contribution is -2.52. The number of rotatable bonds is 12. The first-order chi connectivity index (χ1) is 23.6. The van der Waals surface area contributed by atoms with Crippen LogP contribution in [0.2, 0.25) is 0 Å². The van der Waals surface area contributed by atoms with Crippen LogP contribution in [0, 0.1) is 0 Å². The van der Waals surface area contributed by atoms with Crippen molar-refractivity contribution in [2.75, 3.05) is 13.2 Å².